The molecule has 0 saturated heterocycles. The normalized spacial score (nSPS) is 11.6. The van der Waals surface area contributed by atoms with Crippen molar-refractivity contribution in [3.05, 3.63) is 23.2 Å². The minimum Gasteiger partial charge on any atom is -0.339 e. The van der Waals surface area contributed by atoms with E-state index in [9.17, 15) is 0 Å². The third-order valence-electron chi connectivity index (χ3n) is 3.44. The number of fused-ring (bicyclic) bond motifs is 1. The van der Waals surface area contributed by atoms with Crippen LogP contribution in [0.5, 0.6) is 0 Å². The van der Waals surface area contributed by atoms with Gasteiger partial charge in [-0.3, -0.25) is 4.68 Å². The average Bonchev–Trinajstić information content (AvgIpc) is 3.12. The van der Waals surface area contributed by atoms with Crippen LogP contribution in [0.15, 0.2) is 4.52 Å². The zero-order valence-corrected chi connectivity index (χ0v) is 13.1. The minimum atomic E-state index is 0.362. The standard InChI is InChI=1S/C13H17ClN6O/c1-4-9-12-13(19(3)17-9)20(10(7-14)16-12)6-5-11-15-8(2)18-21-11/h4-7H2,1-3H3. The van der Waals surface area contributed by atoms with Crippen molar-refractivity contribution >= 4 is 22.8 Å². The molecule has 7 nitrogen and oxygen atoms in total. The molecule has 3 aromatic heterocycles. The summed E-state index contributed by atoms with van der Waals surface area (Å²) < 4.78 is 9.09. The summed E-state index contributed by atoms with van der Waals surface area (Å²) in [5.41, 5.74) is 2.90. The first kappa shape index (κ1) is 14.1. The minimum absolute atomic E-state index is 0.362. The Kier molecular flexibility index (Phi) is 3.67. The van der Waals surface area contributed by atoms with Gasteiger partial charge in [-0.15, -0.1) is 11.6 Å². The number of hydrogen-bond acceptors (Lipinski definition) is 5. The third-order valence-corrected chi connectivity index (χ3v) is 3.68. The van der Waals surface area contributed by atoms with E-state index in [-0.39, 0.29) is 0 Å². The second kappa shape index (κ2) is 5.48. The predicted octanol–water partition coefficient (Wildman–Crippen LogP) is 2.01. The molecule has 3 heterocycles. The van der Waals surface area contributed by atoms with Gasteiger partial charge in [-0.25, -0.2) is 4.98 Å². The number of imidazole rings is 1. The molecule has 0 spiro atoms. The van der Waals surface area contributed by atoms with Gasteiger partial charge in [0.1, 0.15) is 11.3 Å². The topological polar surface area (TPSA) is 74.6 Å². The molecule has 0 N–H and O–H groups in total. The number of aromatic nitrogens is 6. The Morgan fingerprint density at radius 1 is 1.29 bits per heavy atom. The molecular formula is C13H17ClN6O. The van der Waals surface area contributed by atoms with Crippen LogP contribution in [-0.2, 0) is 32.3 Å². The van der Waals surface area contributed by atoms with E-state index < -0.39 is 0 Å². The first-order valence-electron chi connectivity index (χ1n) is 6.90. The first-order chi connectivity index (χ1) is 10.1. The van der Waals surface area contributed by atoms with Crippen LogP contribution in [0.3, 0.4) is 0 Å². The Morgan fingerprint density at radius 2 is 2.10 bits per heavy atom. The van der Waals surface area contributed by atoms with Gasteiger partial charge in [0.15, 0.2) is 11.5 Å². The highest BCUT2D eigenvalue weighted by Gasteiger charge is 2.18. The second-order valence-electron chi connectivity index (χ2n) is 4.89. The molecule has 0 aliphatic rings. The van der Waals surface area contributed by atoms with Crippen molar-refractivity contribution in [1.29, 1.82) is 0 Å². The highest BCUT2D eigenvalue weighted by Crippen LogP contribution is 2.21. The lowest BCUT2D eigenvalue weighted by Gasteiger charge is -2.06. The van der Waals surface area contributed by atoms with Gasteiger partial charge in [0, 0.05) is 20.0 Å². The summed E-state index contributed by atoms with van der Waals surface area (Å²) in [5, 5.41) is 8.30. The molecule has 0 aliphatic carbocycles. The average molecular weight is 309 g/mol. The summed E-state index contributed by atoms with van der Waals surface area (Å²) in [4.78, 5) is 8.84. The van der Waals surface area contributed by atoms with Gasteiger partial charge in [0.25, 0.3) is 0 Å². The number of alkyl halides is 1. The van der Waals surface area contributed by atoms with Crippen LogP contribution in [0.1, 0.15) is 30.2 Å². The van der Waals surface area contributed by atoms with Crippen LogP contribution in [0.4, 0.5) is 0 Å². The molecule has 0 atom stereocenters. The number of aryl methyl sites for hydroxylation is 5. The smallest absolute Gasteiger partial charge is 0.228 e. The van der Waals surface area contributed by atoms with Crippen molar-refractivity contribution in [2.75, 3.05) is 0 Å². The number of hydrogen-bond donors (Lipinski definition) is 0. The van der Waals surface area contributed by atoms with Gasteiger partial charge in [0.05, 0.1) is 11.6 Å². The summed E-state index contributed by atoms with van der Waals surface area (Å²) in [5.74, 6) is 2.46. The summed E-state index contributed by atoms with van der Waals surface area (Å²) in [6.07, 6.45) is 1.49. The highest BCUT2D eigenvalue weighted by molar-refractivity contribution is 6.16. The molecule has 0 radical (unpaired) electrons. The van der Waals surface area contributed by atoms with Gasteiger partial charge >= 0.3 is 0 Å². The lowest BCUT2D eigenvalue weighted by atomic mass is 10.3. The first-order valence-corrected chi connectivity index (χ1v) is 7.43. The fraction of sp³-hybridized carbons (Fsp3) is 0.538. The maximum Gasteiger partial charge on any atom is 0.228 e. The van der Waals surface area contributed by atoms with E-state index in [1.54, 1.807) is 6.92 Å². The summed E-state index contributed by atoms with van der Waals surface area (Å²) in [6, 6.07) is 0. The van der Waals surface area contributed by atoms with E-state index in [1.807, 2.05) is 11.7 Å². The number of rotatable bonds is 5. The Hall–Kier alpha value is -1.89. The van der Waals surface area contributed by atoms with Gasteiger partial charge in [0.2, 0.25) is 5.89 Å². The number of halogens is 1. The van der Waals surface area contributed by atoms with Crippen LogP contribution in [-0.4, -0.2) is 29.5 Å². The zero-order valence-electron chi connectivity index (χ0n) is 12.3. The molecule has 112 valence electrons. The van der Waals surface area contributed by atoms with Crippen LogP contribution >= 0.6 is 11.6 Å². The van der Waals surface area contributed by atoms with Crippen molar-refractivity contribution < 1.29 is 4.52 Å². The summed E-state index contributed by atoms with van der Waals surface area (Å²) in [6.45, 7) is 4.56. The van der Waals surface area contributed by atoms with E-state index in [2.05, 4.69) is 31.7 Å². The predicted molar refractivity (Wildman–Crippen MR) is 78.2 cm³/mol. The Morgan fingerprint density at radius 3 is 2.71 bits per heavy atom. The molecule has 0 unspecified atom stereocenters. The highest BCUT2D eigenvalue weighted by atomic mass is 35.5. The monoisotopic (exact) mass is 308 g/mol. The van der Waals surface area contributed by atoms with E-state index in [4.69, 9.17) is 16.1 Å². The van der Waals surface area contributed by atoms with Gasteiger partial charge in [-0.05, 0) is 13.3 Å². The third kappa shape index (κ3) is 2.42. The molecule has 0 aliphatic heterocycles. The molecule has 0 fully saturated rings. The van der Waals surface area contributed by atoms with Gasteiger partial charge in [-0.1, -0.05) is 12.1 Å². The Bertz CT molecular complexity index is 771. The maximum absolute atomic E-state index is 6.03. The molecule has 0 bridgehead atoms. The molecule has 0 amide bonds. The molecule has 3 rings (SSSR count). The van der Waals surface area contributed by atoms with Crippen LogP contribution in [0, 0.1) is 6.92 Å². The fourth-order valence-corrected chi connectivity index (χ4v) is 2.72. The molecule has 3 aromatic rings. The number of nitrogens with zero attached hydrogens (tertiary/aromatic N) is 6. The van der Waals surface area contributed by atoms with Crippen molar-refractivity contribution in [2.24, 2.45) is 7.05 Å². The SMILES string of the molecule is CCc1nn(C)c2c1nc(CCl)n2CCc1nc(C)no1. The Balaban J connectivity index is 1.97. The van der Waals surface area contributed by atoms with E-state index >= 15 is 0 Å². The lowest BCUT2D eigenvalue weighted by molar-refractivity contribution is 0.368. The summed E-state index contributed by atoms with van der Waals surface area (Å²) >= 11 is 6.03. The second-order valence-corrected chi connectivity index (χ2v) is 5.16. The lowest BCUT2D eigenvalue weighted by Crippen LogP contribution is -2.08. The van der Waals surface area contributed by atoms with Crippen LogP contribution < -0.4 is 0 Å². The summed E-state index contributed by atoms with van der Waals surface area (Å²) in [7, 11) is 1.93. The van der Waals surface area contributed by atoms with Crippen molar-refractivity contribution in [1.82, 2.24) is 29.5 Å². The van der Waals surface area contributed by atoms with E-state index in [0.717, 1.165) is 29.1 Å². The van der Waals surface area contributed by atoms with Crippen LogP contribution in [0.25, 0.3) is 11.2 Å². The Labute approximate surface area is 126 Å². The largest absolute Gasteiger partial charge is 0.339 e. The van der Waals surface area contributed by atoms with Gasteiger partial charge in [-0.2, -0.15) is 10.1 Å². The van der Waals surface area contributed by atoms with E-state index in [1.165, 1.54) is 0 Å². The van der Waals surface area contributed by atoms with Crippen molar-refractivity contribution in [2.45, 2.75) is 39.1 Å². The maximum atomic E-state index is 6.03. The van der Waals surface area contributed by atoms with Gasteiger partial charge < -0.3 is 9.09 Å². The molecule has 21 heavy (non-hydrogen) atoms. The molecular weight excluding hydrogens is 292 g/mol. The van der Waals surface area contributed by atoms with Crippen molar-refractivity contribution in [3.8, 4) is 0 Å². The molecule has 0 aromatic carbocycles. The quantitative estimate of drug-likeness (QED) is 0.674. The fourth-order valence-electron chi connectivity index (χ4n) is 2.51. The molecule has 0 saturated carbocycles. The molecule has 8 heteroatoms. The van der Waals surface area contributed by atoms with Crippen LogP contribution in [0.2, 0.25) is 0 Å². The zero-order chi connectivity index (χ0) is 15.0. The van der Waals surface area contributed by atoms with Crippen molar-refractivity contribution in [3.63, 3.8) is 0 Å². The van der Waals surface area contributed by atoms with E-state index in [0.29, 0.717) is 30.6 Å².